The third-order valence-corrected chi connectivity index (χ3v) is 6.67. The number of hydrogen-bond donors (Lipinski definition) is 2. The van der Waals surface area contributed by atoms with E-state index < -0.39 is 28.6 Å². The largest absolute Gasteiger partial charge is 0.477 e. The highest BCUT2D eigenvalue weighted by molar-refractivity contribution is 5.94. The van der Waals surface area contributed by atoms with Crippen molar-refractivity contribution in [2.24, 2.45) is 5.92 Å². The highest BCUT2D eigenvalue weighted by Gasteiger charge is 2.31. The fourth-order valence-corrected chi connectivity index (χ4v) is 5.07. The van der Waals surface area contributed by atoms with Crippen molar-refractivity contribution in [2.75, 3.05) is 31.1 Å². The Hall–Kier alpha value is -2.48. The second kappa shape index (κ2) is 8.94. The standard InChI is InChI=1S/C23H29F2N3O3/c1-2-26-11-14-8-9-27(12-14)21-18(24)10-16-20(19(21)25)28(15-6-4-3-5-7-15)13-17(22(16)29)23(30)31/h10,13-15,26H,2-9,11-12H2,1H3,(H,30,31). The minimum absolute atomic E-state index is 0.0217. The van der Waals surface area contributed by atoms with Crippen LogP contribution in [0.25, 0.3) is 10.9 Å². The van der Waals surface area contributed by atoms with Gasteiger partial charge in [-0.1, -0.05) is 26.2 Å². The summed E-state index contributed by atoms with van der Waals surface area (Å²) in [6.45, 7) is 4.72. The zero-order valence-electron chi connectivity index (χ0n) is 17.8. The van der Waals surface area contributed by atoms with Crippen molar-refractivity contribution < 1.29 is 18.7 Å². The molecule has 1 aliphatic carbocycles. The van der Waals surface area contributed by atoms with Crippen LogP contribution < -0.4 is 15.6 Å². The molecule has 2 N–H and O–H groups in total. The summed E-state index contributed by atoms with van der Waals surface area (Å²) in [5.74, 6) is -2.67. The van der Waals surface area contributed by atoms with Crippen LogP contribution in [0.5, 0.6) is 0 Å². The smallest absolute Gasteiger partial charge is 0.341 e. The van der Waals surface area contributed by atoms with Crippen molar-refractivity contribution in [3.63, 3.8) is 0 Å². The van der Waals surface area contributed by atoms with Gasteiger partial charge >= 0.3 is 5.97 Å². The lowest BCUT2D eigenvalue weighted by Gasteiger charge is -2.28. The van der Waals surface area contributed by atoms with Gasteiger partial charge in [0.2, 0.25) is 5.43 Å². The van der Waals surface area contributed by atoms with Crippen LogP contribution in [0.2, 0.25) is 0 Å². The Morgan fingerprint density at radius 2 is 1.97 bits per heavy atom. The van der Waals surface area contributed by atoms with Crippen molar-refractivity contribution >= 4 is 22.6 Å². The number of halogens is 2. The predicted molar refractivity (Wildman–Crippen MR) is 116 cm³/mol. The highest BCUT2D eigenvalue weighted by atomic mass is 19.1. The lowest BCUT2D eigenvalue weighted by molar-refractivity contribution is 0.0694. The molecule has 1 unspecified atom stereocenters. The van der Waals surface area contributed by atoms with Crippen LogP contribution in [-0.4, -0.2) is 41.8 Å². The van der Waals surface area contributed by atoms with Crippen LogP contribution in [0.4, 0.5) is 14.5 Å². The van der Waals surface area contributed by atoms with Gasteiger partial charge in [0.1, 0.15) is 17.1 Å². The number of fused-ring (bicyclic) bond motifs is 1. The molecule has 1 aromatic carbocycles. The van der Waals surface area contributed by atoms with Gasteiger partial charge in [0.25, 0.3) is 0 Å². The lowest BCUT2D eigenvalue weighted by atomic mass is 9.94. The molecule has 2 aliphatic rings. The summed E-state index contributed by atoms with van der Waals surface area (Å²) in [4.78, 5) is 26.1. The average molecular weight is 433 g/mol. The first-order valence-corrected chi connectivity index (χ1v) is 11.2. The third kappa shape index (κ3) is 4.05. The van der Waals surface area contributed by atoms with E-state index >= 15 is 8.78 Å². The summed E-state index contributed by atoms with van der Waals surface area (Å²) in [5, 5.41) is 12.6. The minimum atomic E-state index is -1.38. The first-order valence-electron chi connectivity index (χ1n) is 11.2. The molecular formula is C23H29F2N3O3. The van der Waals surface area contributed by atoms with Crippen LogP contribution in [0.15, 0.2) is 17.1 Å². The van der Waals surface area contributed by atoms with Crippen LogP contribution in [0.3, 0.4) is 0 Å². The number of aromatic nitrogens is 1. The molecule has 1 saturated carbocycles. The number of benzene rings is 1. The van der Waals surface area contributed by atoms with E-state index in [-0.39, 0.29) is 22.6 Å². The summed E-state index contributed by atoms with van der Waals surface area (Å²) < 4.78 is 32.6. The van der Waals surface area contributed by atoms with Gasteiger partial charge in [0.05, 0.1) is 10.9 Å². The first kappa shape index (κ1) is 21.7. The van der Waals surface area contributed by atoms with Gasteiger partial charge in [-0.25, -0.2) is 13.6 Å². The minimum Gasteiger partial charge on any atom is -0.477 e. The van der Waals surface area contributed by atoms with Crippen molar-refractivity contribution in [3.05, 3.63) is 39.7 Å². The maximum absolute atomic E-state index is 15.9. The van der Waals surface area contributed by atoms with E-state index in [9.17, 15) is 14.7 Å². The molecule has 0 amide bonds. The van der Waals surface area contributed by atoms with Crippen LogP contribution in [0.1, 0.15) is 61.8 Å². The van der Waals surface area contributed by atoms with Gasteiger partial charge in [0.15, 0.2) is 5.82 Å². The molecular weight excluding hydrogens is 404 g/mol. The quantitative estimate of drug-likeness (QED) is 0.722. The Morgan fingerprint density at radius 3 is 2.65 bits per heavy atom. The summed E-state index contributed by atoms with van der Waals surface area (Å²) in [6.07, 6.45) is 6.62. The van der Waals surface area contributed by atoms with E-state index in [4.69, 9.17) is 0 Å². The predicted octanol–water partition coefficient (Wildman–Crippen LogP) is 3.92. The SMILES string of the molecule is CCNCC1CCN(c2c(F)cc3c(=O)c(C(=O)O)cn(C4CCCCC4)c3c2F)C1. The molecule has 2 aromatic rings. The van der Waals surface area contributed by atoms with Crippen LogP contribution in [0, 0.1) is 17.6 Å². The lowest BCUT2D eigenvalue weighted by Crippen LogP contribution is -2.28. The number of nitrogens with zero attached hydrogens (tertiary/aromatic N) is 2. The summed E-state index contributed by atoms with van der Waals surface area (Å²) >= 11 is 0. The van der Waals surface area contributed by atoms with Crippen molar-refractivity contribution in [1.29, 1.82) is 0 Å². The summed E-state index contributed by atoms with van der Waals surface area (Å²) in [7, 11) is 0. The van der Waals surface area contributed by atoms with Crippen LogP contribution >= 0.6 is 0 Å². The second-order valence-electron chi connectivity index (χ2n) is 8.70. The highest BCUT2D eigenvalue weighted by Crippen LogP contribution is 2.36. The van der Waals surface area contributed by atoms with Crippen molar-refractivity contribution in [1.82, 2.24) is 9.88 Å². The van der Waals surface area contributed by atoms with E-state index in [2.05, 4.69) is 5.32 Å². The monoisotopic (exact) mass is 433 g/mol. The molecule has 1 aliphatic heterocycles. The number of pyridine rings is 1. The van der Waals surface area contributed by atoms with E-state index in [0.29, 0.717) is 19.0 Å². The molecule has 4 rings (SSSR count). The zero-order chi connectivity index (χ0) is 22.1. The van der Waals surface area contributed by atoms with Crippen molar-refractivity contribution in [3.8, 4) is 0 Å². The van der Waals surface area contributed by atoms with Crippen LogP contribution in [-0.2, 0) is 0 Å². The van der Waals surface area contributed by atoms with Gasteiger partial charge in [-0.2, -0.15) is 0 Å². The Bertz CT molecular complexity index is 1050. The molecule has 2 fully saturated rings. The number of nitrogens with one attached hydrogen (secondary N) is 1. The van der Waals surface area contributed by atoms with Gasteiger partial charge in [-0.15, -0.1) is 0 Å². The molecule has 1 aromatic heterocycles. The fourth-order valence-electron chi connectivity index (χ4n) is 5.07. The molecule has 31 heavy (non-hydrogen) atoms. The van der Waals surface area contributed by atoms with E-state index in [1.165, 1.54) is 6.20 Å². The summed E-state index contributed by atoms with van der Waals surface area (Å²) in [5.41, 5.74) is -1.38. The number of aromatic carboxylic acids is 1. The molecule has 6 nitrogen and oxygen atoms in total. The Balaban J connectivity index is 1.86. The first-order chi connectivity index (χ1) is 14.9. The number of rotatable bonds is 6. The molecule has 2 heterocycles. The molecule has 0 spiro atoms. The molecule has 0 bridgehead atoms. The Kier molecular flexibility index (Phi) is 6.27. The van der Waals surface area contributed by atoms with Gasteiger partial charge in [-0.05, 0) is 44.3 Å². The maximum Gasteiger partial charge on any atom is 0.341 e. The molecule has 8 heteroatoms. The average Bonchev–Trinajstić information content (AvgIpc) is 3.21. The van der Waals surface area contributed by atoms with E-state index in [0.717, 1.165) is 57.7 Å². The number of carbonyl (C=O) groups is 1. The van der Waals surface area contributed by atoms with E-state index in [1.807, 2.05) is 6.92 Å². The maximum atomic E-state index is 15.9. The molecule has 1 atom stereocenters. The van der Waals surface area contributed by atoms with E-state index in [1.54, 1.807) is 9.47 Å². The van der Waals surface area contributed by atoms with Gasteiger partial charge in [-0.3, -0.25) is 4.79 Å². The fraction of sp³-hybridized carbons (Fsp3) is 0.565. The second-order valence-corrected chi connectivity index (χ2v) is 8.70. The topological polar surface area (TPSA) is 74.6 Å². The molecule has 1 saturated heterocycles. The van der Waals surface area contributed by atoms with Gasteiger partial charge < -0.3 is 19.9 Å². The summed E-state index contributed by atoms with van der Waals surface area (Å²) in [6, 6.07) is 0.919. The Morgan fingerprint density at radius 1 is 1.23 bits per heavy atom. The molecule has 168 valence electrons. The Labute approximate surface area is 179 Å². The zero-order valence-corrected chi connectivity index (χ0v) is 17.8. The normalized spacial score (nSPS) is 20.0. The number of hydrogen-bond acceptors (Lipinski definition) is 4. The van der Waals surface area contributed by atoms with Crippen molar-refractivity contribution in [2.45, 2.75) is 51.5 Å². The number of carboxylic acid groups (broad SMARTS) is 1. The van der Waals surface area contributed by atoms with Gasteiger partial charge in [0, 0.05) is 25.3 Å². The number of carboxylic acids is 1. The number of anilines is 1. The molecule has 0 radical (unpaired) electrons. The third-order valence-electron chi connectivity index (χ3n) is 6.67.